The molecular formula is C24H38O5. The summed E-state index contributed by atoms with van der Waals surface area (Å²) in [5.41, 5.74) is 0.340. The monoisotopic (exact) mass is 406 g/mol. The molecule has 0 bridgehead atoms. The molecule has 0 atom stereocenters. The molecule has 0 aliphatic carbocycles. The Balaban J connectivity index is 0.000000555. The van der Waals surface area contributed by atoms with E-state index in [4.69, 9.17) is 14.6 Å². The van der Waals surface area contributed by atoms with Crippen LogP contribution in [0.5, 0.6) is 5.75 Å². The molecule has 0 fully saturated rings. The van der Waals surface area contributed by atoms with Crippen molar-refractivity contribution in [2.75, 3.05) is 26.9 Å². The standard InChI is InChI=1S/C13H18O3.C11H20O2/c1-10(2)8-9-16-12-6-4-11(5-7-12)13(14)15-3;1-4-5-6-7-10-13-11(2,3)8-9-12/h4-7,10H,8-9H2,1-3H3;12H,6-10H2,1-3H3. The molecule has 0 unspecified atom stereocenters. The van der Waals surface area contributed by atoms with Crippen LogP contribution in [0.25, 0.3) is 0 Å². The van der Waals surface area contributed by atoms with E-state index in [0.29, 0.717) is 24.5 Å². The third-order valence-corrected chi connectivity index (χ3v) is 4.07. The summed E-state index contributed by atoms with van der Waals surface area (Å²) in [6, 6.07) is 6.98. The third-order valence-electron chi connectivity index (χ3n) is 4.07. The molecule has 5 heteroatoms. The van der Waals surface area contributed by atoms with Crippen LogP contribution in [-0.2, 0) is 9.47 Å². The summed E-state index contributed by atoms with van der Waals surface area (Å²) in [7, 11) is 1.37. The molecule has 0 radical (unpaired) electrons. The number of carbonyl (C=O) groups is 1. The van der Waals surface area contributed by atoms with Crippen LogP contribution in [0.2, 0.25) is 0 Å². The van der Waals surface area contributed by atoms with Crippen molar-refractivity contribution >= 4 is 5.97 Å². The van der Waals surface area contributed by atoms with Crippen molar-refractivity contribution < 1.29 is 24.1 Å². The summed E-state index contributed by atoms with van der Waals surface area (Å²) in [5.74, 6) is 6.93. The average molecular weight is 407 g/mol. The van der Waals surface area contributed by atoms with E-state index in [9.17, 15) is 4.79 Å². The van der Waals surface area contributed by atoms with Gasteiger partial charge in [-0.1, -0.05) is 13.8 Å². The molecule has 0 aromatic heterocycles. The van der Waals surface area contributed by atoms with Gasteiger partial charge in [-0.3, -0.25) is 0 Å². The predicted molar refractivity (Wildman–Crippen MR) is 117 cm³/mol. The Morgan fingerprint density at radius 2 is 1.83 bits per heavy atom. The minimum absolute atomic E-state index is 0.182. The van der Waals surface area contributed by atoms with Gasteiger partial charge < -0.3 is 19.3 Å². The molecule has 5 nitrogen and oxygen atoms in total. The fourth-order valence-electron chi connectivity index (χ4n) is 2.19. The van der Waals surface area contributed by atoms with Gasteiger partial charge in [0.25, 0.3) is 0 Å². The molecule has 1 N–H and O–H groups in total. The van der Waals surface area contributed by atoms with Crippen LogP contribution in [0.4, 0.5) is 0 Å². The zero-order chi connectivity index (χ0) is 22.1. The Hall–Kier alpha value is -2.03. The Labute approximate surface area is 176 Å². The highest BCUT2D eigenvalue weighted by molar-refractivity contribution is 5.89. The van der Waals surface area contributed by atoms with Crippen LogP contribution < -0.4 is 4.74 Å². The normalized spacial score (nSPS) is 10.5. The van der Waals surface area contributed by atoms with Crippen LogP contribution in [-0.4, -0.2) is 43.6 Å². The molecule has 0 aliphatic heterocycles. The van der Waals surface area contributed by atoms with Gasteiger partial charge in [-0.25, -0.2) is 4.79 Å². The number of benzene rings is 1. The quantitative estimate of drug-likeness (QED) is 0.323. The number of aliphatic hydroxyl groups excluding tert-OH is 1. The minimum atomic E-state index is -0.325. The van der Waals surface area contributed by atoms with Gasteiger partial charge in [0.15, 0.2) is 0 Å². The second kappa shape index (κ2) is 15.8. The summed E-state index contributed by atoms with van der Waals surface area (Å²) in [4.78, 5) is 11.2. The first-order chi connectivity index (χ1) is 13.8. The molecule has 0 aliphatic rings. The first kappa shape index (κ1) is 27.0. The van der Waals surface area contributed by atoms with Crippen LogP contribution in [0.3, 0.4) is 0 Å². The smallest absolute Gasteiger partial charge is 0.337 e. The summed E-state index contributed by atoms with van der Waals surface area (Å²) in [6.45, 7) is 11.8. The average Bonchev–Trinajstić information content (AvgIpc) is 2.68. The van der Waals surface area contributed by atoms with Gasteiger partial charge in [-0.05, 0) is 70.2 Å². The zero-order valence-corrected chi connectivity index (χ0v) is 18.9. The molecule has 0 heterocycles. The van der Waals surface area contributed by atoms with Crippen molar-refractivity contribution in [2.45, 2.75) is 65.9 Å². The van der Waals surface area contributed by atoms with Gasteiger partial charge in [0.05, 0.1) is 24.9 Å². The van der Waals surface area contributed by atoms with E-state index in [2.05, 4.69) is 30.4 Å². The lowest BCUT2D eigenvalue weighted by Gasteiger charge is -2.24. The molecule has 1 rings (SSSR count). The number of carbonyl (C=O) groups excluding carboxylic acids is 1. The number of ether oxygens (including phenoxy) is 3. The molecular weight excluding hydrogens is 368 g/mol. The van der Waals surface area contributed by atoms with Crippen molar-refractivity contribution in [1.29, 1.82) is 0 Å². The van der Waals surface area contributed by atoms with E-state index in [1.54, 1.807) is 24.3 Å². The molecule has 29 heavy (non-hydrogen) atoms. The maximum Gasteiger partial charge on any atom is 0.337 e. The summed E-state index contributed by atoms with van der Waals surface area (Å²) in [5, 5.41) is 8.74. The molecule has 0 saturated carbocycles. The molecule has 0 saturated heterocycles. The highest BCUT2D eigenvalue weighted by atomic mass is 16.5. The van der Waals surface area contributed by atoms with Gasteiger partial charge in [-0.2, -0.15) is 0 Å². The number of aliphatic hydroxyl groups is 1. The minimum Gasteiger partial charge on any atom is -0.494 e. The number of hydrogen-bond donors (Lipinski definition) is 1. The van der Waals surface area contributed by atoms with E-state index in [1.165, 1.54) is 7.11 Å². The number of unbranched alkanes of at least 4 members (excludes halogenated alkanes) is 1. The van der Waals surface area contributed by atoms with Crippen molar-refractivity contribution in [3.63, 3.8) is 0 Å². The summed E-state index contributed by atoms with van der Waals surface area (Å²) in [6.07, 6.45) is 3.58. The topological polar surface area (TPSA) is 65.0 Å². The highest BCUT2D eigenvalue weighted by Crippen LogP contribution is 2.14. The van der Waals surface area contributed by atoms with Gasteiger partial charge in [-0.15, -0.1) is 11.8 Å². The predicted octanol–water partition coefficient (Wildman–Crippen LogP) is 4.87. The molecule has 1 aromatic carbocycles. The Kier molecular flexibility index (Phi) is 14.7. The zero-order valence-electron chi connectivity index (χ0n) is 18.9. The Morgan fingerprint density at radius 3 is 2.34 bits per heavy atom. The van der Waals surface area contributed by atoms with Gasteiger partial charge in [0.1, 0.15) is 5.75 Å². The lowest BCUT2D eigenvalue weighted by atomic mass is 10.1. The van der Waals surface area contributed by atoms with Crippen molar-refractivity contribution in [3.8, 4) is 17.6 Å². The van der Waals surface area contributed by atoms with E-state index in [0.717, 1.165) is 31.6 Å². The van der Waals surface area contributed by atoms with Crippen LogP contribution in [0, 0.1) is 17.8 Å². The van der Waals surface area contributed by atoms with Gasteiger partial charge in [0, 0.05) is 19.6 Å². The Bertz CT molecular complexity index is 608. The van der Waals surface area contributed by atoms with Crippen LogP contribution >= 0.6 is 0 Å². The number of methoxy groups -OCH3 is 1. The summed E-state index contributed by atoms with van der Waals surface area (Å²) < 4.78 is 15.7. The van der Waals surface area contributed by atoms with E-state index < -0.39 is 0 Å². The Morgan fingerprint density at radius 1 is 1.17 bits per heavy atom. The number of rotatable bonds is 11. The fourth-order valence-corrected chi connectivity index (χ4v) is 2.19. The fraction of sp³-hybridized carbons (Fsp3) is 0.625. The van der Waals surface area contributed by atoms with Gasteiger partial charge in [0.2, 0.25) is 0 Å². The van der Waals surface area contributed by atoms with Crippen LogP contribution in [0.1, 0.15) is 70.7 Å². The van der Waals surface area contributed by atoms with Crippen LogP contribution in [0.15, 0.2) is 24.3 Å². The summed E-state index contributed by atoms with van der Waals surface area (Å²) >= 11 is 0. The third kappa shape index (κ3) is 14.6. The van der Waals surface area contributed by atoms with Crippen molar-refractivity contribution in [2.24, 2.45) is 5.92 Å². The highest BCUT2D eigenvalue weighted by Gasteiger charge is 2.16. The maximum absolute atomic E-state index is 11.2. The van der Waals surface area contributed by atoms with E-state index in [-0.39, 0.29) is 18.2 Å². The molecule has 0 amide bonds. The lowest BCUT2D eigenvalue weighted by molar-refractivity contribution is -0.0330. The van der Waals surface area contributed by atoms with Crippen molar-refractivity contribution in [1.82, 2.24) is 0 Å². The largest absolute Gasteiger partial charge is 0.494 e. The van der Waals surface area contributed by atoms with Gasteiger partial charge >= 0.3 is 5.97 Å². The maximum atomic E-state index is 11.2. The van der Waals surface area contributed by atoms with Crippen molar-refractivity contribution in [3.05, 3.63) is 29.8 Å². The lowest BCUT2D eigenvalue weighted by Crippen LogP contribution is -2.26. The number of hydrogen-bond acceptors (Lipinski definition) is 5. The molecule has 164 valence electrons. The second-order valence-electron chi connectivity index (χ2n) is 7.66. The molecule has 1 aromatic rings. The SMILES string of the molecule is CC#CCCCOC(C)(C)CCO.COC(=O)c1ccc(OCCC(C)C)cc1. The molecule has 0 spiro atoms. The van der Waals surface area contributed by atoms with E-state index >= 15 is 0 Å². The van der Waals surface area contributed by atoms with E-state index in [1.807, 2.05) is 20.8 Å². The second-order valence-corrected chi connectivity index (χ2v) is 7.66. The first-order valence-corrected chi connectivity index (χ1v) is 10.2. The first-order valence-electron chi connectivity index (χ1n) is 10.2. The number of esters is 1.